The Kier molecular flexibility index (Phi) is 2.27. The number of nitrogens with zero attached hydrogens (tertiary/aromatic N) is 1. The molecule has 0 saturated heterocycles. The summed E-state index contributed by atoms with van der Waals surface area (Å²) in [5.41, 5.74) is 2.21. The summed E-state index contributed by atoms with van der Waals surface area (Å²) in [5.74, 6) is 0. The van der Waals surface area contributed by atoms with Gasteiger partial charge in [0.1, 0.15) is 0 Å². The lowest BCUT2D eigenvalue weighted by atomic mass is 10.3. The molecule has 0 saturated carbocycles. The van der Waals surface area contributed by atoms with Gasteiger partial charge in [0.15, 0.2) is 0 Å². The van der Waals surface area contributed by atoms with E-state index in [1.807, 2.05) is 36.4 Å². The van der Waals surface area contributed by atoms with E-state index in [1.54, 1.807) is 6.20 Å². The first-order chi connectivity index (χ1) is 6.45. The van der Waals surface area contributed by atoms with E-state index in [9.17, 15) is 0 Å². The Morgan fingerprint density at radius 1 is 1.15 bits per heavy atom. The molecule has 13 heavy (non-hydrogen) atoms. The molecule has 0 radical (unpaired) electrons. The normalized spacial score (nSPS) is 9.85. The Balaban J connectivity index is 1.94. The highest BCUT2D eigenvalue weighted by molar-refractivity contribution is 5.42. The van der Waals surface area contributed by atoms with Crippen LogP contribution in [-0.2, 0) is 6.54 Å². The molecule has 0 bridgehead atoms. The standard InChI is InChI=1S/C10H11N3/c1-2-4-9(5-3-1)11-8-10-6-7-12-13-10/h1-7,11H,8H2,(H,12,13). The van der Waals surface area contributed by atoms with E-state index in [0.717, 1.165) is 17.9 Å². The topological polar surface area (TPSA) is 40.7 Å². The van der Waals surface area contributed by atoms with Gasteiger partial charge >= 0.3 is 0 Å². The van der Waals surface area contributed by atoms with Crippen molar-refractivity contribution in [3.05, 3.63) is 48.3 Å². The number of aromatic nitrogens is 2. The summed E-state index contributed by atoms with van der Waals surface area (Å²) in [6, 6.07) is 12.1. The number of hydrogen-bond acceptors (Lipinski definition) is 2. The smallest absolute Gasteiger partial charge is 0.0567 e. The van der Waals surface area contributed by atoms with Crippen molar-refractivity contribution in [3.8, 4) is 0 Å². The van der Waals surface area contributed by atoms with Gasteiger partial charge in [-0.25, -0.2) is 0 Å². The van der Waals surface area contributed by atoms with Crippen LogP contribution in [0.1, 0.15) is 5.69 Å². The molecule has 0 spiro atoms. The van der Waals surface area contributed by atoms with Gasteiger partial charge in [-0.3, -0.25) is 5.10 Å². The predicted molar refractivity (Wildman–Crippen MR) is 52.4 cm³/mol. The van der Waals surface area contributed by atoms with Crippen LogP contribution in [0.3, 0.4) is 0 Å². The van der Waals surface area contributed by atoms with Crippen molar-refractivity contribution in [3.63, 3.8) is 0 Å². The number of anilines is 1. The SMILES string of the molecule is c1ccc(NCc2ccn[nH]2)cc1. The fraction of sp³-hybridized carbons (Fsp3) is 0.100. The van der Waals surface area contributed by atoms with E-state index in [1.165, 1.54) is 0 Å². The van der Waals surface area contributed by atoms with Gasteiger partial charge < -0.3 is 5.32 Å². The highest BCUT2D eigenvalue weighted by atomic mass is 15.1. The average Bonchev–Trinajstić information content (AvgIpc) is 2.69. The summed E-state index contributed by atoms with van der Waals surface area (Å²) in [4.78, 5) is 0. The van der Waals surface area contributed by atoms with E-state index in [4.69, 9.17) is 0 Å². The number of hydrogen-bond donors (Lipinski definition) is 2. The summed E-state index contributed by atoms with van der Waals surface area (Å²) >= 11 is 0. The molecule has 1 aromatic carbocycles. The van der Waals surface area contributed by atoms with Crippen LogP contribution in [-0.4, -0.2) is 10.2 Å². The van der Waals surface area contributed by atoms with Crippen molar-refractivity contribution >= 4 is 5.69 Å². The van der Waals surface area contributed by atoms with Gasteiger partial charge in [0.25, 0.3) is 0 Å². The van der Waals surface area contributed by atoms with Crippen LogP contribution >= 0.6 is 0 Å². The monoisotopic (exact) mass is 173 g/mol. The molecule has 1 aromatic heterocycles. The minimum Gasteiger partial charge on any atom is -0.379 e. The third kappa shape index (κ3) is 2.08. The van der Waals surface area contributed by atoms with Gasteiger partial charge in [-0.15, -0.1) is 0 Å². The molecule has 2 rings (SSSR count). The van der Waals surface area contributed by atoms with Crippen molar-refractivity contribution in [2.45, 2.75) is 6.54 Å². The number of benzene rings is 1. The minimum atomic E-state index is 0.782. The van der Waals surface area contributed by atoms with Gasteiger partial charge in [-0.1, -0.05) is 18.2 Å². The van der Waals surface area contributed by atoms with Crippen molar-refractivity contribution in [1.29, 1.82) is 0 Å². The fourth-order valence-electron chi connectivity index (χ4n) is 1.14. The lowest BCUT2D eigenvalue weighted by Crippen LogP contribution is -1.98. The van der Waals surface area contributed by atoms with E-state index in [0.29, 0.717) is 0 Å². The lowest BCUT2D eigenvalue weighted by Gasteiger charge is -2.02. The summed E-state index contributed by atoms with van der Waals surface area (Å²) in [6.07, 6.45) is 1.75. The van der Waals surface area contributed by atoms with Crippen molar-refractivity contribution in [1.82, 2.24) is 10.2 Å². The maximum Gasteiger partial charge on any atom is 0.0567 e. The highest BCUT2D eigenvalue weighted by Gasteiger charge is 1.92. The second-order valence-electron chi connectivity index (χ2n) is 2.80. The van der Waals surface area contributed by atoms with Crippen LogP contribution in [0.5, 0.6) is 0 Å². The van der Waals surface area contributed by atoms with Crippen molar-refractivity contribution in [2.24, 2.45) is 0 Å². The molecule has 0 atom stereocenters. The van der Waals surface area contributed by atoms with E-state index in [2.05, 4.69) is 15.5 Å². The molecule has 0 aliphatic rings. The summed E-state index contributed by atoms with van der Waals surface area (Å²) in [6.45, 7) is 0.782. The van der Waals surface area contributed by atoms with Crippen LogP contribution in [0.25, 0.3) is 0 Å². The second kappa shape index (κ2) is 3.76. The zero-order valence-electron chi connectivity index (χ0n) is 7.20. The van der Waals surface area contributed by atoms with Crippen LogP contribution in [0.4, 0.5) is 5.69 Å². The van der Waals surface area contributed by atoms with Gasteiger partial charge in [-0.05, 0) is 18.2 Å². The number of aromatic amines is 1. The molecule has 1 heterocycles. The summed E-state index contributed by atoms with van der Waals surface area (Å²) in [7, 11) is 0. The number of nitrogens with one attached hydrogen (secondary N) is 2. The number of H-pyrrole nitrogens is 1. The minimum absolute atomic E-state index is 0.782. The molecule has 0 aliphatic heterocycles. The quantitative estimate of drug-likeness (QED) is 0.745. The van der Waals surface area contributed by atoms with E-state index >= 15 is 0 Å². The summed E-state index contributed by atoms with van der Waals surface area (Å²) < 4.78 is 0. The average molecular weight is 173 g/mol. The molecule has 0 fully saturated rings. The number of para-hydroxylation sites is 1. The third-order valence-electron chi connectivity index (χ3n) is 1.82. The molecular formula is C10H11N3. The Morgan fingerprint density at radius 3 is 2.69 bits per heavy atom. The zero-order valence-corrected chi connectivity index (χ0v) is 7.20. The Bertz CT molecular complexity index is 340. The van der Waals surface area contributed by atoms with Crippen LogP contribution in [0.15, 0.2) is 42.6 Å². The first-order valence-corrected chi connectivity index (χ1v) is 4.22. The molecule has 3 nitrogen and oxygen atoms in total. The molecule has 3 heteroatoms. The maximum atomic E-state index is 3.87. The van der Waals surface area contributed by atoms with Gasteiger partial charge in [0, 0.05) is 11.9 Å². The predicted octanol–water partition coefficient (Wildman–Crippen LogP) is 2.02. The molecule has 2 aromatic rings. The van der Waals surface area contributed by atoms with Gasteiger partial charge in [-0.2, -0.15) is 5.10 Å². The van der Waals surface area contributed by atoms with Crippen LogP contribution in [0, 0.1) is 0 Å². The van der Waals surface area contributed by atoms with E-state index < -0.39 is 0 Å². The first kappa shape index (κ1) is 7.86. The Morgan fingerprint density at radius 2 is 2.00 bits per heavy atom. The molecule has 2 N–H and O–H groups in total. The first-order valence-electron chi connectivity index (χ1n) is 4.22. The van der Waals surface area contributed by atoms with Gasteiger partial charge in [0.2, 0.25) is 0 Å². The lowest BCUT2D eigenvalue weighted by molar-refractivity contribution is 0.981. The van der Waals surface area contributed by atoms with Crippen LogP contribution in [0.2, 0.25) is 0 Å². The molecule has 0 aliphatic carbocycles. The third-order valence-corrected chi connectivity index (χ3v) is 1.82. The Labute approximate surface area is 76.8 Å². The number of rotatable bonds is 3. The van der Waals surface area contributed by atoms with Crippen molar-refractivity contribution in [2.75, 3.05) is 5.32 Å². The summed E-state index contributed by atoms with van der Waals surface area (Å²) in [5, 5.41) is 10.0. The zero-order chi connectivity index (χ0) is 8.93. The van der Waals surface area contributed by atoms with Crippen molar-refractivity contribution < 1.29 is 0 Å². The maximum absolute atomic E-state index is 3.87. The van der Waals surface area contributed by atoms with E-state index in [-0.39, 0.29) is 0 Å². The van der Waals surface area contributed by atoms with Crippen LogP contribution < -0.4 is 5.32 Å². The largest absolute Gasteiger partial charge is 0.379 e. The fourth-order valence-corrected chi connectivity index (χ4v) is 1.14. The molecule has 66 valence electrons. The molecule has 0 unspecified atom stereocenters. The highest BCUT2D eigenvalue weighted by Crippen LogP contribution is 2.06. The molecular weight excluding hydrogens is 162 g/mol. The Hall–Kier alpha value is -1.77. The second-order valence-corrected chi connectivity index (χ2v) is 2.80. The molecule has 0 amide bonds. The van der Waals surface area contributed by atoms with Gasteiger partial charge in [0.05, 0.1) is 12.2 Å².